The predicted octanol–water partition coefficient (Wildman–Crippen LogP) is 1.15. The number of anilines is 2. The number of amides is 1. The molecule has 0 saturated heterocycles. The van der Waals surface area contributed by atoms with Crippen molar-refractivity contribution in [3.63, 3.8) is 0 Å². The molecule has 0 radical (unpaired) electrons. The Balaban J connectivity index is 3.01. The summed E-state index contributed by atoms with van der Waals surface area (Å²) in [5.41, 5.74) is 4.48. The molecule has 0 fully saturated rings. The third kappa shape index (κ3) is 3.58. The number of nitrogens with one attached hydrogen (secondary N) is 2. The molecule has 1 aromatic rings. The summed E-state index contributed by atoms with van der Waals surface area (Å²) in [6.07, 6.45) is 0.727. The van der Waals surface area contributed by atoms with E-state index in [-0.39, 0.29) is 0 Å². The fraction of sp³-hybridized carbons (Fsp3) is 0.583. The maximum absolute atomic E-state index is 11.3. The van der Waals surface area contributed by atoms with Gasteiger partial charge in [-0.3, -0.25) is 4.79 Å². The Hall–Kier alpha value is -1.85. The Kier molecular flexibility index (Phi) is 4.47. The van der Waals surface area contributed by atoms with Gasteiger partial charge in [-0.05, 0) is 20.8 Å². The maximum atomic E-state index is 11.3. The van der Waals surface area contributed by atoms with E-state index in [1.54, 1.807) is 19.9 Å². The average Bonchev–Trinajstić information content (AvgIpc) is 2.28. The summed E-state index contributed by atoms with van der Waals surface area (Å²) in [6, 6.07) is 1.77. The van der Waals surface area contributed by atoms with Crippen molar-refractivity contribution >= 4 is 17.5 Å². The van der Waals surface area contributed by atoms with Gasteiger partial charge in [0.25, 0.3) is 0 Å². The minimum absolute atomic E-state index is 0.427. The second-order valence-electron chi connectivity index (χ2n) is 4.55. The zero-order valence-corrected chi connectivity index (χ0v) is 11.4. The van der Waals surface area contributed by atoms with Gasteiger partial charge in [-0.15, -0.1) is 0 Å². The van der Waals surface area contributed by atoms with Gasteiger partial charge >= 0.3 is 0 Å². The Morgan fingerprint density at radius 1 is 1.33 bits per heavy atom. The van der Waals surface area contributed by atoms with Crippen molar-refractivity contribution in [2.45, 2.75) is 39.7 Å². The number of hydrogen-bond donors (Lipinski definition) is 3. The number of rotatable bonds is 6. The molecule has 0 bridgehead atoms. The van der Waals surface area contributed by atoms with Crippen LogP contribution in [-0.4, -0.2) is 28.0 Å². The van der Waals surface area contributed by atoms with Gasteiger partial charge in [0.1, 0.15) is 23.0 Å². The fourth-order valence-corrected chi connectivity index (χ4v) is 1.37. The van der Waals surface area contributed by atoms with E-state index in [0.29, 0.717) is 5.82 Å². The van der Waals surface area contributed by atoms with Gasteiger partial charge in [0.15, 0.2) is 0 Å². The number of nitrogens with two attached hydrogens (primary N) is 1. The Morgan fingerprint density at radius 3 is 2.44 bits per heavy atom. The lowest BCUT2D eigenvalue weighted by Crippen LogP contribution is -2.45. The van der Waals surface area contributed by atoms with Crippen LogP contribution in [0.1, 0.15) is 33.5 Å². The molecule has 1 aromatic heterocycles. The van der Waals surface area contributed by atoms with Crippen molar-refractivity contribution in [3.05, 3.63) is 11.9 Å². The van der Waals surface area contributed by atoms with Crippen LogP contribution in [0, 0.1) is 0 Å². The number of hydrogen-bond acceptors (Lipinski definition) is 5. The van der Waals surface area contributed by atoms with Gasteiger partial charge in [-0.1, -0.05) is 6.92 Å². The normalized spacial score (nSPS) is 11.1. The van der Waals surface area contributed by atoms with Crippen molar-refractivity contribution in [3.8, 4) is 0 Å². The first-order valence-electron chi connectivity index (χ1n) is 6.09. The molecule has 1 heterocycles. The zero-order valence-electron chi connectivity index (χ0n) is 11.4. The molecule has 0 saturated carbocycles. The molecule has 0 aliphatic rings. The number of aryl methyl sites for hydroxylation is 1. The third-order valence-electron chi connectivity index (χ3n) is 2.50. The zero-order chi connectivity index (χ0) is 13.8. The summed E-state index contributed by atoms with van der Waals surface area (Å²) in [4.78, 5) is 20.0. The van der Waals surface area contributed by atoms with E-state index in [9.17, 15) is 4.79 Å². The molecule has 0 aliphatic carbocycles. The van der Waals surface area contributed by atoms with E-state index in [1.165, 1.54) is 0 Å². The number of aromatic nitrogens is 2. The smallest absolute Gasteiger partial charge is 0.242 e. The van der Waals surface area contributed by atoms with Crippen LogP contribution in [0.2, 0.25) is 0 Å². The molecule has 4 N–H and O–H groups in total. The van der Waals surface area contributed by atoms with Crippen LogP contribution >= 0.6 is 0 Å². The molecule has 1 rings (SSSR count). The van der Waals surface area contributed by atoms with Crippen molar-refractivity contribution in [2.75, 3.05) is 17.2 Å². The number of carbonyl (C=O) groups excluding carboxylic acids is 1. The quantitative estimate of drug-likeness (QED) is 0.705. The molecular weight excluding hydrogens is 230 g/mol. The topological polar surface area (TPSA) is 92.9 Å². The van der Waals surface area contributed by atoms with Crippen molar-refractivity contribution in [1.29, 1.82) is 0 Å². The highest BCUT2D eigenvalue weighted by Crippen LogP contribution is 2.16. The molecule has 100 valence electrons. The highest BCUT2D eigenvalue weighted by molar-refractivity contribution is 5.86. The summed E-state index contributed by atoms with van der Waals surface area (Å²) in [7, 11) is 0. The molecule has 6 nitrogen and oxygen atoms in total. The van der Waals surface area contributed by atoms with E-state index in [1.807, 2.05) is 13.8 Å². The van der Waals surface area contributed by atoms with Crippen LogP contribution in [-0.2, 0) is 11.2 Å². The maximum Gasteiger partial charge on any atom is 0.242 e. The van der Waals surface area contributed by atoms with Crippen molar-refractivity contribution < 1.29 is 4.79 Å². The number of carbonyl (C=O) groups is 1. The molecule has 1 amide bonds. The van der Waals surface area contributed by atoms with E-state index in [0.717, 1.165) is 24.6 Å². The number of primary amides is 1. The SMILES string of the molecule is CCNc1cc(NC(C)(C)C(N)=O)nc(CC)n1. The fourth-order valence-electron chi connectivity index (χ4n) is 1.37. The molecule has 0 spiro atoms. The van der Waals surface area contributed by atoms with Gasteiger partial charge in [-0.25, -0.2) is 9.97 Å². The minimum atomic E-state index is -0.844. The highest BCUT2D eigenvalue weighted by Gasteiger charge is 2.25. The van der Waals surface area contributed by atoms with Crippen LogP contribution < -0.4 is 16.4 Å². The van der Waals surface area contributed by atoms with Crippen LogP contribution in [0.5, 0.6) is 0 Å². The van der Waals surface area contributed by atoms with Gasteiger partial charge < -0.3 is 16.4 Å². The van der Waals surface area contributed by atoms with Crippen LogP contribution in [0.25, 0.3) is 0 Å². The first-order valence-corrected chi connectivity index (χ1v) is 6.09. The molecular formula is C12H21N5O. The summed E-state index contributed by atoms with van der Waals surface area (Å²) in [5.74, 6) is 1.63. The third-order valence-corrected chi connectivity index (χ3v) is 2.50. The van der Waals surface area contributed by atoms with Gasteiger partial charge in [0, 0.05) is 19.0 Å². The van der Waals surface area contributed by atoms with E-state index >= 15 is 0 Å². The van der Waals surface area contributed by atoms with Crippen LogP contribution in [0.4, 0.5) is 11.6 Å². The van der Waals surface area contributed by atoms with Gasteiger partial charge in [0.2, 0.25) is 5.91 Å². The lowest BCUT2D eigenvalue weighted by Gasteiger charge is -2.23. The lowest BCUT2D eigenvalue weighted by molar-refractivity contribution is -0.121. The molecule has 0 aliphatic heterocycles. The highest BCUT2D eigenvalue weighted by atomic mass is 16.1. The summed E-state index contributed by atoms with van der Waals surface area (Å²) >= 11 is 0. The molecule has 0 atom stereocenters. The average molecular weight is 251 g/mol. The van der Waals surface area contributed by atoms with E-state index in [4.69, 9.17) is 5.73 Å². The van der Waals surface area contributed by atoms with E-state index in [2.05, 4.69) is 20.6 Å². The van der Waals surface area contributed by atoms with Gasteiger partial charge in [0.05, 0.1) is 0 Å². The second-order valence-corrected chi connectivity index (χ2v) is 4.55. The first-order chi connectivity index (χ1) is 8.39. The Labute approximate surface area is 107 Å². The summed E-state index contributed by atoms with van der Waals surface area (Å²) < 4.78 is 0. The van der Waals surface area contributed by atoms with Crippen molar-refractivity contribution in [2.24, 2.45) is 5.73 Å². The predicted molar refractivity (Wildman–Crippen MR) is 72.5 cm³/mol. The second kappa shape index (κ2) is 5.66. The first kappa shape index (κ1) is 14.2. The molecule has 0 aromatic carbocycles. The van der Waals surface area contributed by atoms with Crippen molar-refractivity contribution in [1.82, 2.24) is 9.97 Å². The largest absolute Gasteiger partial charge is 0.370 e. The minimum Gasteiger partial charge on any atom is -0.370 e. The van der Waals surface area contributed by atoms with E-state index < -0.39 is 11.4 Å². The Morgan fingerprint density at radius 2 is 1.94 bits per heavy atom. The monoisotopic (exact) mass is 251 g/mol. The summed E-state index contributed by atoms with van der Waals surface area (Å²) in [5, 5.41) is 6.16. The molecule has 6 heteroatoms. The molecule has 18 heavy (non-hydrogen) atoms. The standard InChI is InChI=1S/C12H21N5O/c1-5-8-15-9(14-6-2)7-10(16-8)17-12(3,4)11(13)18/h7H,5-6H2,1-4H3,(H2,13,18)(H2,14,15,16,17). The number of nitrogens with zero attached hydrogens (tertiary/aromatic N) is 2. The lowest BCUT2D eigenvalue weighted by atomic mass is 10.1. The van der Waals surface area contributed by atoms with Gasteiger partial charge in [-0.2, -0.15) is 0 Å². The Bertz CT molecular complexity index is 430. The summed E-state index contributed by atoms with van der Waals surface area (Å²) in [6.45, 7) is 8.19. The van der Waals surface area contributed by atoms with Crippen LogP contribution in [0.15, 0.2) is 6.07 Å². The van der Waals surface area contributed by atoms with Crippen LogP contribution in [0.3, 0.4) is 0 Å². The molecule has 0 unspecified atom stereocenters.